The van der Waals surface area contributed by atoms with Gasteiger partial charge in [0.15, 0.2) is 5.67 Å². The van der Waals surface area contributed by atoms with E-state index in [1.807, 2.05) is 0 Å². The van der Waals surface area contributed by atoms with E-state index in [2.05, 4.69) is 6.58 Å². The molecule has 0 aliphatic heterocycles. The van der Waals surface area contributed by atoms with Gasteiger partial charge in [-0.05, 0) is 26.8 Å². The summed E-state index contributed by atoms with van der Waals surface area (Å²) in [6.07, 6.45) is -0.257. The van der Waals surface area contributed by atoms with Crippen LogP contribution in [-0.4, -0.2) is 23.2 Å². The minimum absolute atomic E-state index is 0.0456. The summed E-state index contributed by atoms with van der Waals surface area (Å²) in [5.41, 5.74) is -7.73. The fraction of sp³-hybridized carbons (Fsp3) is 0.778. The number of rotatable bonds is 4. The van der Waals surface area contributed by atoms with Crippen LogP contribution in [0.15, 0.2) is 12.7 Å². The van der Waals surface area contributed by atoms with Crippen molar-refractivity contribution in [1.82, 2.24) is 0 Å². The van der Waals surface area contributed by atoms with E-state index in [1.165, 1.54) is 0 Å². The summed E-state index contributed by atoms with van der Waals surface area (Å²) in [7, 11) is 0. The average Bonchev–Trinajstić information content (AvgIpc) is 2.01. The Bertz CT molecular complexity index is 248. The maximum atomic E-state index is 13.3. The molecule has 0 amide bonds. The molecule has 0 saturated heterocycles. The van der Waals surface area contributed by atoms with Crippen molar-refractivity contribution < 1.29 is 26.3 Å². The molecule has 0 aliphatic rings. The first kappa shape index (κ1) is 14.3. The Kier molecular flexibility index (Phi) is 3.26. The van der Waals surface area contributed by atoms with E-state index in [4.69, 9.17) is 0 Å². The summed E-state index contributed by atoms with van der Waals surface area (Å²) < 4.78 is 78.2. The van der Waals surface area contributed by atoms with Crippen molar-refractivity contribution in [3.63, 3.8) is 0 Å². The van der Waals surface area contributed by atoms with E-state index in [0.717, 1.165) is 0 Å². The summed E-state index contributed by atoms with van der Waals surface area (Å²) in [6, 6.07) is 0. The zero-order valence-corrected chi connectivity index (χ0v) is 8.55. The van der Waals surface area contributed by atoms with Crippen LogP contribution in [0.5, 0.6) is 0 Å². The Balaban J connectivity index is 5.47. The lowest BCUT2D eigenvalue weighted by atomic mass is 9.83. The molecule has 0 aromatic heterocycles. The standard InChI is InChI=1S/C9H12F6/c1-5-8(12,13)7(4,11)9(14,15)6(2,3)10/h5H,1H2,2-4H3. The van der Waals surface area contributed by atoms with Crippen molar-refractivity contribution in [2.24, 2.45) is 0 Å². The van der Waals surface area contributed by atoms with Gasteiger partial charge in [-0.25, -0.2) is 8.78 Å². The topological polar surface area (TPSA) is 0 Å². The third-order valence-corrected chi connectivity index (χ3v) is 2.22. The van der Waals surface area contributed by atoms with Crippen molar-refractivity contribution in [1.29, 1.82) is 0 Å². The lowest BCUT2D eigenvalue weighted by Crippen LogP contribution is -2.61. The molecule has 0 radical (unpaired) electrons. The molecule has 0 bridgehead atoms. The fourth-order valence-electron chi connectivity index (χ4n) is 0.959. The molecule has 0 nitrogen and oxygen atoms in total. The van der Waals surface area contributed by atoms with Gasteiger partial charge in [0.25, 0.3) is 0 Å². The Morgan fingerprint density at radius 1 is 0.867 bits per heavy atom. The number of hydrogen-bond donors (Lipinski definition) is 0. The zero-order valence-electron chi connectivity index (χ0n) is 8.55. The molecule has 0 saturated carbocycles. The van der Waals surface area contributed by atoms with Crippen LogP contribution in [0, 0.1) is 0 Å². The van der Waals surface area contributed by atoms with Crippen LogP contribution in [-0.2, 0) is 0 Å². The summed E-state index contributed by atoms with van der Waals surface area (Å²) >= 11 is 0. The van der Waals surface area contributed by atoms with E-state index in [9.17, 15) is 26.3 Å². The van der Waals surface area contributed by atoms with E-state index >= 15 is 0 Å². The molecular formula is C9H12F6. The van der Waals surface area contributed by atoms with Gasteiger partial charge >= 0.3 is 11.8 Å². The SMILES string of the molecule is C=CC(F)(F)C(C)(F)C(F)(F)C(C)(C)F. The third-order valence-electron chi connectivity index (χ3n) is 2.22. The monoisotopic (exact) mass is 234 g/mol. The van der Waals surface area contributed by atoms with Crippen molar-refractivity contribution in [3.8, 4) is 0 Å². The first-order valence-corrected chi connectivity index (χ1v) is 4.08. The molecule has 6 heteroatoms. The number of halogens is 6. The van der Waals surface area contributed by atoms with Gasteiger partial charge in [-0.3, -0.25) is 0 Å². The van der Waals surface area contributed by atoms with Gasteiger partial charge in [0, 0.05) is 0 Å². The summed E-state index contributed by atoms with van der Waals surface area (Å²) in [6.45, 7) is 3.18. The highest BCUT2D eigenvalue weighted by Gasteiger charge is 2.71. The minimum atomic E-state index is -4.84. The molecule has 0 aromatic carbocycles. The van der Waals surface area contributed by atoms with Crippen molar-refractivity contribution in [3.05, 3.63) is 12.7 Å². The number of alkyl halides is 6. The molecule has 90 valence electrons. The average molecular weight is 234 g/mol. The maximum Gasteiger partial charge on any atom is 0.320 e. The minimum Gasteiger partial charge on any atom is -0.238 e. The van der Waals surface area contributed by atoms with Crippen LogP contribution in [0.2, 0.25) is 0 Å². The number of hydrogen-bond acceptors (Lipinski definition) is 0. The Morgan fingerprint density at radius 2 is 1.20 bits per heavy atom. The molecule has 1 unspecified atom stereocenters. The quantitative estimate of drug-likeness (QED) is 0.511. The Labute approximate surface area is 84.0 Å². The van der Waals surface area contributed by atoms with E-state index in [0.29, 0.717) is 13.8 Å². The maximum absolute atomic E-state index is 13.3. The van der Waals surface area contributed by atoms with Crippen LogP contribution in [0.1, 0.15) is 20.8 Å². The van der Waals surface area contributed by atoms with Crippen LogP contribution in [0.4, 0.5) is 26.3 Å². The second-order valence-corrected chi connectivity index (χ2v) is 3.88. The highest BCUT2D eigenvalue weighted by atomic mass is 19.3. The van der Waals surface area contributed by atoms with Gasteiger partial charge in [-0.2, -0.15) is 17.6 Å². The van der Waals surface area contributed by atoms with Gasteiger partial charge in [-0.1, -0.05) is 6.58 Å². The molecule has 0 rings (SSSR count). The van der Waals surface area contributed by atoms with Gasteiger partial charge in [0.1, 0.15) is 0 Å². The van der Waals surface area contributed by atoms with E-state index < -0.39 is 23.2 Å². The molecule has 0 spiro atoms. The second-order valence-electron chi connectivity index (χ2n) is 3.88. The predicted octanol–water partition coefficient (Wildman–Crippen LogP) is 3.92. The highest BCUT2D eigenvalue weighted by molar-refractivity contribution is 5.13. The van der Waals surface area contributed by atoms with Gasteiger partial charge in [-0.15, -0.1) is 0 Å². The summed E-state index contributed by atoms with van der Waals surface area (Å²) in [5.74, 6) is -9.35. The molecule has 1 atom stereocenters. The molecule has 0 N–H and O–H groups in total. The molecule has 0 heterocycles. The first-order valence-electron chi connectivity index (χ1n) is 4.08. The lowest BCUT2D eigenvalue weighted by molar-refractivity contribution is -0.264. The normalized spacial score (nSPS) is 18.5. The number of allylic oxidation sites excluding steroid dienone is 1. The highest BCUT2D eigenvalue weighted by Crippen LogP contribution is 2.50. The molecule has 0 aromatic rings. The summed E-state index contributed by atoms with van der Waals surface area (Å²) in [4.78, 5) is 0. The first-order chi connectivity index (χ1) is 6.31. The fourth-order valence-corrected chi connectivity index (χ4v) is 0.959. The van der Waals surface area contributed by atoms with E-state index in [-0.39, 0.29) is 13.0 Å². The zero-order chi connectivity index (χ0) is 12.7. The smallest absolute Gasteiger partial charge is 0.238 e. The molecule has 0 aliphatic carbocycles. The van der Waals surface area contributed by atoms with Crippen molar-refractivity contribution >= 4 is 0 Å². The van der Waals surface area contributed by atoms with Crippen LogP contribution >= 0.6 is 0 Å². The van der Waals surface area contributed by atoms with Crippen molar-refractivity contribution in [2.75, 3.05) is 0 Å². The third kappa shape index (κ3) is 1.99. The molecule has 0 fully saturated rings. The van der Waals surface area contributed by atoms with Gasteiger partial charge < -0.3 is 0 Å². The van der Waals surface area contributed by atoms with Crippen LogP contribution in [0.25, 0.3) is 0 Å². The van der Waals surface area contributed by atoms with Gasteiger partial charge in [0.05, 0.1) is 0 Å². The van der Waals surface area contributed by atoms with Crippen LogP contribution < -0.4 is 0 Å². The second kappa shape index (κ2) is 3.42. The van der Waals surface area contributed by atoms with E-state index in [1.54, 1.807) is 0 Å². The van der Waals surface area contributed by atoms with Gasteiger partial charge in [0.2, 0.25) is 5.67 Å². The molecule has 15 heavy (non-hydrogen) atoms. The predicted molar refractivity (Wildman–Crippen MR) is 44.8 cm³/mol. The van der Waals surface area contributed by atoms with Crippen molar-refractivity contribution in [2.45, 2.75) is 44.0 Å². The van der Waals surface area contributed by atoms with Crippen LogP contribution in [0.3, 0.4) is 0 Å². The Morgan fingerprint density at radius 3 is 1.40 bits per heavy atom. The lowest BCUT2D eigenvalue weighted by Gasteiger charge is -2.39. The molecular weight excluding hydrogens is 222 g/mol. The largest absolute Gasteiger partial charge is 0.320 e. The summed E-state index contributed by atoms with van der Waals surface area (Å²) in [5, 5.41) is 0. The Hall–Kier alpha value is -0.680.